The van der Waals surface area contributed by atoms with Crippen molar-refractivity contribution in [3.05, 3.63) is 58.5 Å². The van der Waals surface area contributed by atoms with Crippen LogP contribution in [0.25, 0.3) is 0 Å². The Balaban J connectivity index is 0.00000240. The van der Waals surface area contributed by atoms with Gasteiger partial charge in [0.05, 0.1) is 24.5 Å². The smallest absolute Gasteiger partial charge is 0.279 e. The highest BCUT2D eigenvalue weighted by molar-refractivity contribution is 6.30. The number of amides is 1. The first-order valence-corrected chi connectivity index (χ1v) is 9.70. The lowest BCUT2D eigenvalue weighted by atomic mass is 10.1. The number of hydrogen-bond acceptors (Lipinski definition) is 5. The minimum absolute atomic E-state index is 0. The summed E-state index contributed by atoms with van der Waals surface area (Å²) in [6.45, 7) is 4.33. The molecule has 10 heteroatoms. The quantitative estimate of drug-likeness (QED) is 0.642. The maximum absolute atomic E-state index is 12.8. The lowest BCUT2D eigenvalue weighted by molar-refractivity contribution is 0.102. The van der Waals surface area contributed by atoms with Gasteiger partial charge in [-0.1, -0.05) is 28.9 Å². The predicted molar refractivity (Wildman–Crippen MR) is 114 cm³/mol. The largest absolute Gasteiger partial charge is 0.317 e. The summed E-state index contributed by atoms with van der Waals surface area (Å²) in [4.78, 5) is 12.8. The van der Waals surface area contributed by atoms with Crippen LogP contribution in [-0.4, -0.2) is 43.8 Å². The predicted octanol–water partition coefficient (Wildman–Crippen LogP) is 3.08. The molecule has 0 radical (unpaired) electrons. The van der Waals surface area contributed by atoms with E-state index in [2.05, 4.69) is 26.0 Å². The molecule has 0 bridgehead atoms. The molecule has 1 aliphatic heterocycles. The highest BCUT2D eigenvalue weighted by atomic mass is 35.5. The van der Waals surface area contributed by atoms with Crippen molar-refractivity contribution in [3.63, 3.8) is 0 Å². The van der Waals surface area contributed by atoms with Gasteiger partial charge >= 0.3 is 0 Å². The molecule has 1 amide bonds. The van der Waals surface area contributed by atoms with Crippen LogP contribution in [0.2, 0.25) is 5.02 Å². The van der Waals surface area contributed by atoms with Crippen LogP contribution < -0.4 is 10.6 Å². The van der Waals surface area contributed by atoms with E-state index in [-0.39, 0.29) is 24.4 Å². The van der Waals surface area contributed by atoms with E-state index in [4.69, 9.17) is 11.6 Å². The zero-order valence-electron chi connectivity index (χ0n) is 16.0. The molecule has 3 aromatic rings. The molecule has 1 fully saturated rings. The Hall–Kier alpha value is -2.42. The van der Waals surface area contributed by atoms with E-state index in [9.17, 15) is 4.79 Å². The van der Waals surface area contributed by atoms with Crippen molar-refractivity contribution >= 4 is 35.7 Å². The van der Waals surface area contributed by atoms with Gasteiger partial charge in [0.1, 0.15) is 5.82 Å². The average Bonchev–Trinajstić information content (AvgIpc) is 3.30. The van der Waals surface area contributed by atoms with Crippen LogP contribution in [0.15, 0.2) is 36.5 Å². The molecule has 154 valence electrons. The number of halogens is 2. The van der Waals surface area contributed by atoms with Crippen molar-refractivity contribution in [1.82, 2.24) is 30.1 Å². The zero-order chi connectivity index (χ0) is 19.5. The van der Waals surface area contributed by atoms with Gasteiger partial charge < -0.3 is 10.6 Å². The number of carbonyl (C=O) groups is 1. The molecule has 4 rings (SSSR count). The first-order valence-electron chi connectivity index (χ1n) is 9.32. The highest BCUT2D eigenvalue weighted by Gasteiger charge is 2.23. The number of piperidine rings is 1. The number of nitrogens with zero attached hydrogens (tertiary/aromatic N) is 5. The van der Waals surface area contributed by atoms with Crippen molar-refractivity contribution in [2.75, 3.05) is 18.4 Å². The molecule has 0 unspecified atom stereocenters. The van der Waals surface area contributed by atoms with Crippen LogP contribution in [0, 0.1) is 6.92 Å². The third-order valence-corrected chi connectivity index (χ3v) is 5.25. The summed E-state index contributed by atoms with van der Waals surface area (Å²) in [7, 11) is 0. The van der Waals surface area contributed by atoms with E-state index in [0.29, 0.717) is 23.1 Å². The van der Waals surface area contributed by atoms with Crippen molar-refractivity contribution in [2.24, 2.45) is 0 Å². The Labute approximate surface area is 180 Å². The van der Waals surface area contributed by atoms with Gasteiger partial charge in [0.25, 0.3) is 5.91 Å². The van der Waals surface area contributed by atoms with Crippen molar-refractivity contribution in [1.29, 1.82) is 0 Å². The van der Waals surface area contributed by atoms with Gasteiger partial charge in [-0.15, -0.1) is 17.5 Å². The van der Waals surface area contributed by atoms with E-state index in [1.54, 1.807) is 16.9 Å². The van der Waals surface area contributed by atoms with Gasteiger partial charge in [-0.25, -0.2) is 9.36 Å². The standard InChI is InChI=1S/C19H22ClN7O.ClH/c1-13-18(24-25-27(13)16-6-9-21-10-7-16)19(28)23-17-8-11-22-26(17)12-14-2-4-15(20)5-3-14;/h2-5,8,11,16,21H,6-7,9-10,12H2,1H3,(H,23,28);1H. The molecular formula is C19H23Cl2N7O. The van der Waals surface area contributed by atoms with Crippen LogP contribution >= 0.6 is 24.0 Å². The van der Waals surface area contributed by atoms with Crippen LogP contribution in [0.1, 0.15) is 40.6 Å². The summed E-state index contributed by atoms with van der Waals surface area (Å²) in [5, 5.41) is 19.6. The second kappa shape index (κ2) is 9.39. The first kappa shape index (κ1) is 21.3. The number of nitrogens with one attached hydrogen (secondary N) is 2. The molecule has 0 saturated carbocycles. The van der Waals surface area contributed by atoms with E-state index >= 15 is 0 Å². The molecule has 1 aliphatic rings. The van der Waals surface area contributed by atoms with Gasteiger partial charge in [0, 0.05) is 11.1 Å². The summed E-state index contributed by atoms with van der Waals surface area (Å²) in [5.74, 6) is 0.325. The van der Waals surface area contributed by atoms with Crippen molar-refractivity contribution in [2.45, 2.75) is 32.4 Å². The minimum Gasteiger partial charge on any atom is -0.317 e. The average molecular weight is 436 g/mol. The SMILES string of the molecule is Cc1c(C(=O)Nc2ccnn2Cc2ccc(Cl)cc2)nnn1C1CCNCC1.Cl. The molecule has 0 spiro atoms. The summed E-state index contributed by atoms with van der Waals surface area (Å²) >= 11 is 5.94. The van der Waals surface area contributed by atoms with E-state index in [0.717, 1.165) is 37.2 Å². The number of aromatic nitrogens is 5. The second-order valence-corrected chi connectivity index (χ2v) is 7.34. The zero-order valence-corrected chi connectivity index (χ0v) is 17.6. The summed E-state index contributed by atoms with van der Waals surface area (Å²) in [5.41, 5.74) is 2.17. The van der Waals surface area contributed by atoms with Gasteiger partial charge in [-0.05, 0) is 50.6 Å². The highest BCUT2D eigenvalue weighted by Crippen LogP contribution is 2.21. The van der Waals surface area contributed by atoms with E-state index in [1.165, 1.54) is 0 Å². The maximum Gasteiger partial charge on any atom is 0.279 e. The molecule has 2 N–H and O–H groups in total. The molecule has 1 saturated heterocycles. The summed E-state index contributed by atoms with van der Waals surface area (Å²) in [6, 6.07) is 9.59. The van der Waals surface area contributed by atoms with Gasteiger partial charge in [-0.2, -0.15) is 5.10 Å². The maximum atomic E-state index is 12.8. The first-order chi connectivity index (χ1) is 13.6. The molecule has 29 heavy (non-hydrogen) atoms. The van der Waals surface area contributed by atoms with E-state index < -0.39 is 0 Å². The molecule has 8 nitrogen and oxygen atoms in total. The number of anilines is 1. The van der Waals surface area contributed by atoms with Crippen LogP contribution in [-0.2, 0) is 6.54 Å². The Morgan fingerprint density at radius 3 is 2.69 bits per heavy atom. The Bertz CT molecular complexity index is 961. The van der Waals surface area contributed by atoms with Crippen LogP contribution in [0.5, 0.6) is 0 Å². The third kappa shape index (κ3) is 4.77. The monoisotopic (exact) mass is 435 g/mol. The molecule has 3 heterocycles. The number of hydrogen-bond donors (Lipinski definition) is 2. The molecule has 0 aliphatic carbocycles. The number of benzene rings is 1. The van der Waals surface area contributed by atoms with Crippen LogP contribution in [0.3, 0.4) is 0 Å². The van der Waals surface area contributed by atoms with E-state index in [1.807, 2.05) is 35.9 Å². The summed E-state index contributed by atoms with van der Waals surface area (Å²) < 4.78 is 3.61. The topological polar surface area (TPSA) is 89.7 Å². The Morgan fingerprint density at radius 2 is 1.97 bits per heavy atom. The van der Waals surface area contributed by atoms with Gasteiger partial charge in [-0.3, -0.25) is 4.79 Å². The van der Waals surface area contributed by atoms with Gasteiger partial charge in [0.15, 0.2) is 5.69 Å². The fourth-order valence-electron chi connectivity index (χ4n) is 3.45. The Morgan fingerprint density at radius 1 is 1.24 bits per heavy atom. The van der Waals surface area contributed by atoms with Crippen molar-refractivity contribution in [3.8, 4) is 0 Å². The molecular weight excluding hydrogens is 413 g/mol. The number of carbonyl (C=O) groups excluding carboxylic acids is 1. The van der Waals surface area contributed by atoms with Gasteiger partial charge in [0.2, 0.25) is 0 Å². The summed E-state index contributed by atoms with van der Waals surface area (Å²) in [6.07, 6.45) is 3.63. The fraction of sp³-hybridized carbons (Fsp3) is 0.368. The molecule has 0 atom stereocenters. The molecule has 2 aromatic heterocycles. The molecule has 1 aromatic carbocycles. The van der Waals surface area contributed by atoms with Crippen molar-refractivity contribution < 1.29 is 4.79 Å². The number of rotatable bonds is 5. The van der Waals surface area contributed by atoms with Crippen LogP contribution in [0.4, 0.5) is 5.82 Å². The minimum atomic E-state index is -0.282. The Kier molecular flexibility index (Phi) is 6.89. The third-order valence-electron chi connectivity index (χ3n) is 5.00. The lowest BCUT2D eigenvalue weighted by Crippen LogP contribution is -2.30. The second-order valence-electron chi connectivity index (χ2n) is 6.90. The normalized spacial score (nSPS) is 14.4. The fourth-order valence-corrected chi connectivity index (χ4v) is 3.58. The lowest BCUT2D eigenvalue weighted by Gasteiger charge is -2.23.